The van der Waals surface area contributed by atoms with Crippen molar-refractivity contribution in [3.8, 4) is 23.0 Å². The monoisotopic (exact) mass is 344 g/mol. The smallest absolute Gasteiger partial charge is 0.258 e. The van der Waals surface area contributed by atoms with Crippen LogP contribution in [0.5, 0.6) is 0 Å². The predicted molar refractivity (Wildman–Crippen MR) is 83.4 cm³/mol. The Morgan fingerprint density at radius 3 is 2.90 bits per heavy atom. The van der Waals surface area contributed by atoms with Crippen molar-refractivity contribution in [3.05, 3.63) is 52.6 Å². The molecule has 0 saturated heterocycles. The molecule has 0 amide bonds. The van der Waals surface area contributed by atoms with Crippen LogP contribution in [0.15, 0.2) is 51.6 Å². The third-order valence-electron chi connectivity index (χ3n) is 3.00. The molecule has 21 heavy (non-hydrogen) atoms. The summed E-state index contributed by atoms with van der Waals surface area (Å²) in [6.07, 6.45) is 2.51. The quantitative estimate of drug-likeness (QED) is 0.786. The first-order valence-corrected chi connectivity index (χ1v) is 7.31. The zero-order valence-electron chi connectivity index (χ0n) is 11.2. The van der Waals surface area contributed by atoms with E-state index in [1.54, 1.807) is 6.20 Å². The maximum atomic E-state index is 5.58. The van der Waals surface area contributed by atoms with Gasteiger partial charge in [-0.05, 0) is 58.7 Å². The summed E-state index contributed by atoms with van der Waals surface area (Å²) in [4.78, 5) is 8.67. The van der Waals surface area contributed by atoms with Crippen molar-refractivity contribution in [3.63, 3.8) is 0 Å². The molecule has 0 aliphatic carbocycles. The molecule has 3 aromatic rings. The van der Waals surface area contributed by atoms with Gasteiger partial charge in [0.25, 0.3) is 5.89 Å². The number of hydrogen-bond donors (Lipinski definition) is 1. The minimum atomic E-state index is 0.460. The van der Waals surface area contributed by atoms with Crippen molar-refractivity contribution in [2.45, 2.75) is 6.42 Å². The van der Waals surface area contributed by atoms with Gasteiger partial charge in [-0.25, -0.2) is 0 Å². The minimum absolute atomic E-state index is 0.460. The summed E-state index contributed by atoms with van der Waals surface area (Å²) < 4.78 is 6.17. The van der Waals surface area contributed by atoms with Gasteiger partial charge in [-0.3, -0.25) is 4.98 Å². The van der Waals surface area contributed by atoms with Gasteiger partial charge in [0.05, 0.1) is 0 Å². The Morgan fingerprint density at radius 2 is 2.10 bits per heavy atom. The first-order valence-electron chi connectivity index (χ1n) is 6.52. The highest BCUT2D eigenvalue weighted by Crippen LogP contribution is 2.26. The summed E-state index contributed by atoms with van der Waals surface area (Å²) in [5, 5.41) is 4.00. The third kappa shape index (κ3) is 3.01. The van der Waals surface area contributed by atoms with Crippen LogP contribution in [0, 0.1) is 0 Å². The van der Waals surface area contributed by atoms with E-state index in [1.165, 1.54) is 0 Å². The summed E-state index contributed by atoms with van der Waals surface area (Å²) in [7, 11) is 0. The second-order valence-electron chi connectivity index (χ2n) is 4.50. The van der Waals surface area contributed by atoms with Crippen LogP contribution >= 0.6 is 15.9 Å². The molecule has 1 aromatic carbocycles. The molecule has 0 unspecified atom stereocenters. The lowest BCUT2D eigenvalue weighted by Gasteiger charge is -2.00. The highest BCUT2D eigenvalue weighted by atomic mass is 79.9. The zero-order chi connectivity index (χ0) is 14.7. The lowest BCUT2D eigenvalue weighted by atomic mass is 10.1. The van der Waals surface area contributed by atoms with Crippen LogP contribution in [0.25, 0.3) is 23.0 Å². The maximum absolute atomic E-state index is 5.58. The molecular formula is C15H13BrN4O. The van der Waals surface area contributed by atoms with Crippen molar-refractivity contribution in [1.29, 1.82) is 0 Å². The number of aromatic nitrogens is 3. The zero-order valence-corrected chi connectivity index (χ0v) is 12.7. The molecule has 0 aliphatic rings. The van der Waals surface area contributed by atoms with Gasteiger partial charge in [0, 0.05) is 16.2 Å². The van der Waals surface area contributed by atoms with Crippen molar-refractivity contribution < 1.29 is 4.52 Å². The van der Waals surface area contributed by atoms with Crippen molar-refractivity contribution in [2.75, 3.05) is 6.54 Å². The van der Waals surface area contributed by atoms with Crippen molar-refractivity contribution in [2.24, 2.45) is 5.73 Å². The highest BCUT2D eigenvalue weighted by Gasteiger charge is 2.14. The SMILES string of the molecule is NCCc1cccc(-c2nc(-c3ncccc3Br)no2)c1. The number of pyridine rings is 1. The average Bonchev–Trinajstić information content (AvgIpc) is 2.98. The number of benzene rings is 1. The molecule has 106 valence electrons. The Morgan fingerprint density at radius 1 is 1.19 bits per heavy atom. The van der Waals surface area contributed by atoms with E-state index in [1.807, 2.05) is 36.4 Å². The van der Waals surface area contributed by atoms with Gasteiger partial charge < -0.3 is 10.3 Å². The topological polar surface area (TPSA) is 77.8 Å². The van der Waals surface area contributed by atoms with Gasteiger partial charge in [-0.2, -0.15) is 4.98 Å². The molecule has 0 aliphatic heterocycles. The minimum Gasteiger partial charge on any atom is -0.334 e. The Kier molecular flexibility index (Phi) is 4.08. The number of halogens is 1. The standard InChI is InChI=1S/C15H13BrN4O/c16-12-5-2-8-18-13(12)14-19-15(21-20-14)11-4-1-3-10(9-11)6-7-17/h1-5,8-9H,6-7,17H2. The van der Waals surface area contributed by atoms with Crippen LogP contribution < -0.4 is 5.73 Å². The molecule has 3 rings (SSSR count). The van der Waals surface area contributed by atoms with Crippen LogP contribution in [0.2, 0.25) is 0 Å². The molecule has 0 radical (unpaired) electrons. The Bertz CT molecular complexity index is 757. The molecule has 6 heteroatoms. The molecule has 0 spiro atoms. The second kappa shape index (κ2) is 6.15. The first kappa shape index (κ1) is 13.9. The van der Waals surface area contributed by atoms with Gasteiger partial charge in [0.2, 0.25) is 5.82 Å². The fourth-order valence-corrected chi connectivity index (χ4v) is 2.45. The van der Waals surface area contributed by atoms with Crippen LogP contribution in [0.4, 0.5) is 0 Å². The molecule has 2 aromatic heterocycles. The van der Waals surface area contributed by atoms with Gasteiger partial charge in [-0.1, -0.05) is 17.3 Å². The van der Waals surface area contributed by atoms with E-state index in [0.717, 1.165) is 22.0 Å². The third-order valence-corrected chi connectivity index (χ3v) is 3.64. The van der Waals surface area contributed by atoms with Gasteiger partial charge in [0.15, 0.2) is 0 Å². The Balaban J connectivity index is 1.95. The summed E-state index contributed by atoms with van der Waals surface area (Å²) in [5.74, 6) is 0.933. The molecule has 0 bridgehead atoms. The lowest BCUT2D eigenvalue weighted by Crippen LogP contribution is -2.02. The van der Waals surface area contributed by atoms with E-state index in [9.17, 15) is 0 Å². The fourth-order valence-electron chi connectivity index (χ4n) is 2.01. The first-order chi connectivity index (χ1) is 10.3. The van der Waals surface area contributed by atoms with E-state index < -0.39 is 0 Å². The number of nitrogens with zero attached hydrogens (tertiary/aromatic N) is 3. The largest absolute Gasteiger partial charge is 0.334 e. The Labute approximate surface area is 130 Å². The Hall–Kier alpha value is -2.05. The molecule has 2 N–H and O–H groups in total. The predicted octanol–water partition coefficient (Wildman–Crippen LogP) is 3.06. The van der Waals surface area contributed by atoms with Crippen LogP contribution in [-0.4, -0.2) is 21.7 Å². The van der Waals surface area contributed by atoms with Crippen LogP contribution in [-0.2, 0) is 6.42 Å². The van der Waals surface area contributed by atoms with Crippen molar-refractivity contribution >= 4 is 15.9 Å². The lowest BCUT2D eigenvalue weighted by molar-refractivity contribution is 0.432. The van der Waals surface area contributed by atoms with E-state index in [0.29, 0.717) is 24.0 Å². The molecule has 0 fully saturated rings. The molecule has 2 heterocycles. The molecule has 5 nitrogen and oxygen atoms in total. The van der Waals surface area contributed by atoms with Gasteiger partial charge in [-0.15, -0.1) is 0 Å². The number of rotatable bonds is 4. The average molecular weight is 345 g/mol. The van der Waals surface area contributed by atoms with Crippen LogP contribution in [0.1, 0.15) is 5.56 Å². The van der Waals surface area contributed by atoms with Gasteiger partial charge in [0.1, 0.15) is 5.69 Å². The van der Waals surface area contributed by atoms with E-state index in [4.69, 9.17) is 10.3 Å². The number of nitrogens with two attached hydrogens (primary N) is 1. The molecule has 0 saturated carbocycles. The molecule has 0 atom stereocenters. The molecular weight excluding hydrogens is 332 g/mol. The normalized spacial score (nSPS) is 10.8. The van der Waals surface area contributed by atoms with E-state index in [-0.39, 0.29) is 0 Å². The van der Waals surface area contributed by atoms with Gasteiger partial charge >= 0.3 is 0 Å². The van der Waals surface area contributed by atoms with E-state index in [2.05, 4.69) is 31.1 Å². The fraction of sp³-hybridized carbons (Fsp3) is 0.133. The maximum Gasteiger partial charge on any atom is 0.258 e. The summed E-state index contributed by atoms with van der Waals surface area (Å²) >= 11 is 3.43. The highest BCUT2D eigenvalue weighted by molar-refractivity contribution is 9.10. The summed E-state index contributed by atoms with van der Waals surface area (Å²) in [6.45, 7) is 0.611. The van der Waals surface area contributed by atoms with Crippen LogP contribution in [0.3, 0.4) is 0 Å². The second-order valence-corrected chi connectivity index (χ2v) is 5.35. The van der Waals surface area contributed by atoms with Crippen molar-refractivity contribution in [1.82, 2.24) is 15.1 Å². The summed E-state index contributed by atoms with van der Waals surface area (Å²) in [5.41, 5.74) is 8.27. The van der Waals surface area contributed by atoms with E-state index >= 15 is 0 Å². The summed E-state index contributed by atoms with van der Waals surface area (Å²) in [6, 6.07) is 11.7. The number of hydrogen-bond acceptors (Lipinski definition) is 5.